The van der Waals surface area contributed by atoms with Crippen molar-refractivity contribution in [2.24, 2.45) is 0 Å². The second kappa shape index (κ2) is 9.83. The quantitative estimate of drug-likeness (QED) is 0.188. The molecule has 0 fully saturated rings. The van der Waals surface area contributed by atoms with Gasteiger partial charge in [0.2, 0.25) is 5.71 Å². The molecule has 4 heterocycles. The monoisotopic (exact) mass is 605 g/mol. The number of hydrogen-bond donors (Lipinski definition) is 0. The number of nitrogens with zero attached hydrogens (tertiary/aromatic N) is 4. The van der Waals surface area contributed by atoms with E-state index < -0.39 is 6.85 Å². The number of hydrogen-bond acceptors (Lipinski definition) is 4. The summed E-state index contributed by atoms with van der Waals surface area (Å²) in [5.41, 5.74) is 6.68. The van der Waals surface area contributed by atoms with Crippen molar-refractivity contribution in [3.05, 3.63) is 145 Å². The van der Waals surface area contributed by atoms with E-state index in [-0.39, 0.29) is 5.56 Å². The van der Waals surface area contributed by atoms with Gasteiger partial charge in [-0.05, 0) is 71.0 Å². The van der Waals surface area contributed by atoms with Crippen LogP contribution in [0.15, 0.2) is 144 Å². The van der Waals surface area contributed by atoms with E-state index >= 15 is 0 Å². The molecule has 0 amide bonds. The topological polar surface area (TPSA) is 56.7 Å². The van der Waals surface area contributed by atoms with Crippen LogP contribution in [-0.4, -0.2) is 19.5 Å². The van der Waals surface area contributed by atoms with E-state index in [4.69, 9.17) is 23.5 Å². The van der Waals surface area contributed by atoms with Crippen LogP contribution in [0, 0.1) is 6.85 Å². The van der Waals surface area contributed by atoms with Crippen LogP contribution in [0.1, 0.15) is 9.68 Å². The lowest BCUT2D eigenvalue weighted by Gasteiger charge is -2.14. The molecular weight excluding hydrogens is 576 g/mol. The number of imidazole rings is 1. The van der Waals surface area contributed by atoms with E-state index in [9.17, 15) is 0 Å². The molecular formula is C42H26N4O. The minimum atomic E-state index is -2.38. The molecule has 220 valence electrons. The summed E-state index contributed by atoms with van der Waals surface area (Å²) >= 11 is 0. The molecule has 0 N–H and O–H groups in total. The van der Waals surface area contributed by atoms with Crippen molar-refractivity contribution >= 4 is 65.6 Å². The molecule has 0 atom stereocenters. The molecule has 5 nitrogen and oxygen atoms in total. The molecule has 10 rings (SSSR count). The molecule has 0 spiro atoms. The van der Waals surface area contributed by atoms with Gasteiger partial charge in [-0.3, -0.25) is 9.55 Å². The normalized spacial score (nSPS) is 13.1. The van der Waals surface area contributed by atoms with Crippen LogP contribution in [0.25, 0.3) is 93.9 Å². The molecule has 0 saturated carbocycles. The number of aromatic nitrogens is 4. The number of para-hydroxylation sites is 2. The third-order valence-electron chi connectivity index (χ3n) is 9.18. The Labute approximate surface area is 273 Å². The molecule has 0 aliphatic carbocycles. The van der Waals surface area contributed by atoms with Gasteiger partial charge in [-0.2, -0.15) is 0 Å². The molecule has 4 aromatic heterocycles. The lowest BCUT2D eigenvalue weighted by atomic mass is 9.96. The zero-order valence-corrected chi connectivity index (χ0v) is 25.0. The predicted molar refractivity (Wildman–Crippen MR) is 192 cm³/mol. The molecule has 10 aromatic rings. The number of rotatable bonds is 3. The molecule has 0 saturated heterocycles. The maximum absolute atomic E-state index is 8.51. The Morgan fingerprint density at radius 1 is 0.617 bits per heavy atom. The number of benzene rings is 6. The van der Waals surface area contributed by atoms with Crippen LogP contribution in [0.3, 0.4) is 0 Å². The smallest absolute Gasteiger partial charge is 0.227 e. The lowest BCUT2D eigenvalue weighted by Crippen LogP contribution is -1.99. The largest absolute Gasteiger partial charge is 0.437 e. The van der Waals surface area contributed by atoms with E-state index in [0.717, 1.165) is 65.7 Å². The highest BCUT2D eigenvalue weighted by Crippen LogP contribution is 2.40. The summed E-state index contributed by atoms with van der Waals surface area (Å²) in [7, 11) is 0. The van der Waals surface area contributed by atoms with Gasteiger partial charge in [0.15, 0.2) is 0 Å². The molecule has 47 heavy (non-hydrogen) atoms. The Bertz CT molecular complexity index is 2950. The first-order valence-corrected chi connectivity index (χ1v) is 15.5. The summed E-state index contributed by atoms with van der Waals surface area (Å²) in [6.45, 7) is -2.38. The molecule has 0 bridgehead atoms. The summed E-state index contributed by atoms with van der Waals surface area (Å²) < 4.78 is 34.1. The van der Waals surface area contributed by atoms with Gasteiger partial charge < -0.3 is 4.42 Å². The van der Waals surface area contributed by atoms with Crippen molar-refractivity contribution in [3.63, 3.8) is 0 Å². The third kappa shape index (κ3) is 3.80. The molecule has 6 aromatic carbocycles. The fourth-order valence-corrected chi connectivity index (χ4v) is 7.08. The second-order valence-electron chi connectivity index (χ2n) is 11.8. The van der Waals surface area contributed by atoms with Crippen molar-refractivity contribution in [1.82, 2.24) is 19.5 Å². The van der Waals surface area contributed by atoms with Crippen molar-refractivity contribution < 1.29 is 8.53 Å². The highest BCUT2D eigenvalue weighted by atomic mass is 16.3. The predicted octanol–water partition coefficient (Wildman–Crippen LogP) is 10.8. The third-order valence-corrected chi connectivity index (χ3v) is 9.18. The summed E-state index contributed by atoms with van der Waals surface area (Å²) in [6, 6.07) is 44.0. The number of pyridine rings is 2. The standard InChI is InChI=1S/C42H26N4O/c1-25-10-7-18-37-39(25)46(27-19-20-30-28-13-5-6-14-29(28)31-17-9-23-43-38(31)35(30)24-27)41(44-37)34-16-8-15-32-33-21-22-36(26-11-3-2-4-12-26)45-42(33)47-40(32)34/h2-24H,1H3/i1D3. The first-order chi connectivity index (χ1) is 24.4. The Hall–Kier alpha value is -6.33. The molecule has 0 aliphatic heterocycles. The van der Waals surface area contributed by atoms with Crippen LogP contribution in [-0.2, 0) is 0 Å². The second-order valence-corrected chi connectivity index (χ2v) is 11.8. The van der Waals surface area contributed by atoms with Crippen molar-refractivity contribution in [2.75, 3.05) is 0 Å². The van der Waals surface area contributed by atoms with Gasteiger partial charge in [0.05, 0.1) is 27.8 Å². The zero-order valence-electron chi connectivity index (χ0n) is 28.0. The van der Waals surface area contributed by atoms with Gasteiger partial charge >= 0.3 is 0 Å². The van der Waals surface area contributed by atoms with E-state index in [1.807, 2.05) is 102 Å². The average molecular weight is 606 g/mol. The Morgan fingerprint density at radius 2 is 1.38 bits per heavy atom. The number of fused-ring (bicyclic) bond motifs is 10. The fraction of sp³-hybridized carbons (Fsp3) is 0.0238. The van der Waals surface area contributed by atoms with E-state index in [0.29, 0.717) is 28.2 Å². The number of aryl methyl sites for hydroxylation is 1. The SMILES string of the molecule is [2H]C([2H])([2H])c1cccc2nc(-c3cccc4c3oc3nc(-c5ccccc5)ccc34)n(-c3ccc4c5ccccc5c5cccnc5c4c3)c12. The van der Waals surface area contributed by atoms with Crippen LogP contribution >= 0.6 is 0 Å². The van der Waals surface area contributed by atoms with Crippen LogP contribution in [0.4, 0.5) is 0 Å². The maximum atomic E-state index is 8.51. The van der Waals surface area contributed by atoms with E-state index in [2.05, 4.69) is 30.3 Å². The molecule has 0 radical (unpaired) electrons. The van der Waals surface area contributed by atoms with E-state index in [1.165, 1.54) is 0 Å². The first-order valence-electron chi connectivity index (χ1n) is 17.0. The average Bonchev–Trinajstić information content (AvgIpc) is 3.73. The summed E-state index contributed by atoms with van der Waals surface area (Å²) in [5.74, 6) is 0.571. The van der Waals surface area contributed by atoms with Crippen LogP contribution in [0.5, 0.6) is 0 Å². The Balaban J connectivity index is 1.29. The minimum Gasteiger partial charge on any atom is -0.437 e. The fourth-order valence-electron chi connectivity index (χ4n) is 7.08. The van der Waals surface area contributed by atoms with Crippen molar-refractivity contribution in [3.8, 4) is 28.3 Å². The molecule has 0 aliphatic rings. The van der Waals surface area contributed by atoms with E-state index in [1.54, 1.807) is 12.1 Å². The highest BCUT2D eigenvalue weighted by Gasteiger charge is 2.22. The lowest BCUT2D eigenvalue weighted by molar-refractivity contribution is 0.655. The van der Waals surface area contributed by atoms with Gasteiger partial charge in [-0.15, -0.1) is 0 Å². The highest BCUT2D eigenvalue weighted by molar-refractivity contribution is 6.24. The van der Waals surface area contributed by atoms with Gasteiger partial charge in [0.1, 0.15) is 11.4 Å². The summed E-state index contributed by atoms with van der Waals surface area (Å²) in [6.07, 6.45) is 1.81. The zero-order chi connectivity index (χ0) is 33.6. The van der Waals surface area contributed by atoms with Crippen LogP contribution in [0.2, 0.25) is 0 Å². The van der Waals surface area contributed by atoms with Gasteiger partial charge in [-0.1, -0.05) is 91.0 Å². The van der Waals surface area contributed by atoms with Gasteiger partial charge in [0.25, 0.3) is 0 Å². The maximum Gasteiger partial charge on any atom is 0.227 e. The molecule has 5 heteroatoms. The Morgan fingerprint density at radius 3 is 2.28 bits per heavy atom. The summed E-state index contributed by atoms with van der Waals surface area (Å²) in [5, 5.41) is 7.15. The van der Waals surface area contributed by atoms with Crippen molar-refractivity contribution in [1.29, 1.82) is 0 Å². The van der Waals surface area contributed by atoms with Crippen LogP contribution < -0.4 is 0 Å². The minimum absolute atomic E-state index is 0.223. The van der Waals surface area contributed by atoms with Gasteiger partial charge in [-0.25, -0.2) is 9.97 Å². The number of furan rings is 1. The van der Waals surface area contributed by atoms with Gasteiger partial charge in [0, 0.05) is 43.1 Å². The molecule has 0 unspecified atom stereocenters. The van der Waals surface area contributed by atoms with Crippen molar-refractivity contribution in [2.45, 2.75) is 6.85 Å². The summed E-state index contributed by atoms with van der Waals surface area (Å²) in [4.78, 5) is 14.9. The first kappa shape index (κ1) is 23.1. The Kier molecular flexibility index (Phi) is 4.83.